The minimum absolute atomic E-state index is 0. The highest BCUT2D eigenvalue weighted by molar-refractivity contribution is 6.37. The number of amides is 2. The third-order valence-corrected chi connectivity index (χ3v) is 21.5. The van der Waals surface area contributed by atoms with Gasteiger partial charge in [-0.15, -0.1) is 0 Å². The highest BCUT2D eigenvalue weighted by Gasteiger charge is 2.31. The van der Waals surface area contributed by atoms with E-state index in [2.05, 4.69) is 83.8 Å². The lowest BCUT2D eigenvalue weighted by atomic mass is 9.95. The largest absolute Gasteiger partial charge is 0.478 e. The van der Waals surface area contributed by atoms with Gasteiger partial charge in [0.1, 0.15) is 35.8 Å². The van der Waals surface area contributed by atoms with E-state index in [0.717, 1.165) is 180 Å². The maximum Gasteiger partial charge on any atom is 0.330 e. The maximum absolute atomic E-state index is 12.2. The summed E-state index contributed by atoms with van der Waals surface area (Å²) in [5.41, 5.74) is 17.7. The number of carboxylic acids is 1. The number of nitrogens with zero attached hydrogens (tertiary/aromatic N) is 9. The normalized spacial score (nSPS) is 16.0. The van der Waals surface area contributed by atoms with Crippen molar-refractivity contribution >= 4 is 161 Å². The van der Waals surface area contributed by atoms with Crippen LogP contribution in [0.25, 0.3) is 66.1 Å². The van der Waals surface area contributed by atoms with Crippen LogP contribution in [0.4, 0.5) is 11.6 Å². The highest BCUT2D eigenvalue weighted by Crippen LogP contribution is 2.40. The van der Waals surface area contributed by atoms with E-state index in [1.54, 1.807) is 31.1 Å². The summed E-state index contributed by atoms with van der Waals surface area (Å²) in [6.45, 7) is 20.4. The van der Waals surface area contributed by atoms with Crippen molar-refractivity contribution in [3.8, 4) is 33.4 Å². The van der Waals surface area contributed by atoms with Gasteiger partial charge < -0.3 is 81.3 Å². The summed E-state index contributed by atoms with van der Waals surface area (Å²) in [5.74, 6) is 0.193. The van der Waals surface area contributed by atoms with Gasteiger partial charge in [0.25, 0.3) is 0 Å². The van der Waals surface area contributed by atoms with Gasteiger partial charge in [0.15, 0.2) is 0 Å². The summed E-state index contributed by atoms with van der Waals surface area (Å²) in [5, 5.41) is 56.0. The lowest BCUT2D eigenvalue weighted by Gasteiger charge is -2.41. The van der Waals surface area contributed by atoms with E-state index in [1.807, 2.05) is 97.1 Å². The molecule has 0 spiro atoms. The van der Waals surface area contributed by atoms with Gasteiger partial charge in [-0.05, 0) is 205 Å². The Morgan fingerprint density at radius 1 is 0.551 bits per heavy atom. The lowest BCUT2D eigenvalue weighted by Crippen LogP contribution is -2.55. The summed E-state index contributed by atoms with van der Waals surface area (Å²) in [6.07, 6.45) is 20.2. The Hall–Kier alpha value is -9.31. The predicted octanol–water partition coefficient (Wildman–Crippen LogP) is 16.0. The van der Waals surface area contributed by atoms with Gasteiger partial charge in [0.2, 0.25) is 11.8 Å². The predicted molar refractivity (Wildman–Crippen MR) is 509 cm³/mol. The molecule has 35 heteroatoms. The molecule has 8 heterocycles. The Morgan fingerprint density at radius 2 is 0.976 bits per heavy atom. The molecule has 3 aromatic heterocycles. The fourth-order valence-corrected chi connectivity index (χ4v) is 14.6. The second-order valence-corrected chi connectivity index (χ2v) is 31.9. The van der Waals surface area contributed by atoms with Crippen LogP contribution in [-0.2, 0) is 47.7 Å². The fraction of sp³-hybridized carbons (Fsp3) is 0.413. The van der Waals surface area contributed by atoms with Crippen LogP contribution in [0.1, 0.15) is 98.3 Å². The molecule has 2 amide bonds. The average molecular weight is 1890 g/mol. The Labute approximate surface area is 778 Å². The number of nitrogens with two attached hydrogens (primary N) is 2. The topological polar surface area (TPSA) is 404 Å². The molecule has 14 rings (SSSR count). The number of halogens is 7. The number of ether oxygens (including phenoxy) is 4. The molecule has 690 valence electrons. The van der Waals surface area contributed by atoms with Gasteiger partial charge in [-0.1, -0.05) is 138 Å². The van der Waals surface area contributed by atoms with Crippen LogP contribution >= 0.6 is 81.2 Å². The molecule has 0 bridgehead atoms. The first-order chi connectivity index (χ1) is 60.6. The number of hydrogen-bond donors (Lipinski definition) is 9. The van der Waals surface area contributed by atoms with E-state index >= 15 is 0 Å². The number of carbonyl (C=O) groups is 6. The van der Waals surface area contributed by atoms with Crippen LogP contribution in [0.15, 0.2) is 166 Å². The monoisotopic (exact) mass is 1890 g/mol. The third kappa shape index (κ3) is 38.9. The van der Waals surface area contributed by atoms with Gasteiger partial charge >= 0.3 is 23.9 Å². The fourth-order valence-electron chi connectivity index (χ4n) is 13.2. The van der Waals surface area contributed by atoms with Crippen LogP contribution in [0, 0.1) is 17.8 Å². The van der Waals surface area contributed by atoms with E-state index in [0.29, 0.717) is 87.0 Å². The van der Waals surface area contributed by atoms with Crippen molar-refractivity contribution in [1.82, 2.24) is 45.4 Å². The first kappa shape index (κ1) is 110. The summed E-state index contributed by atoms with van der Waals surface area (Å²) >= 11 is 43.4. The molecular formula is C92H118Cl7N13O15. The summed E-state index contributed by atoms with van der Waals surface area (Å²) in [4.78, 5) is 96.4. The molecule has 11 N–H and O–H groups in total. The van der Waals surface area contributed by atoms with E-state index in [-0.39, 0.29) is 62.9 Å². The smallest absolute Gasteiger partial charge is 0.330 e. The molecule has 28 nitrogen and oxygen atoms in total. The van der Waals surface area contributed by atoms with Crippen molar-refractivity contribution in [2.24, 2.45) is 29.2 Å². The quantitative estimate of drug-likeness (QED) is 0.0167. The van der Waals surface area contributed by atoms with Crippen LogP contribution < -0.4 is 31.9 Å². The Balaban J connectivity index is 0.000000319. The Bertz CT molecular complexity index is 4870. The number of methoxy groups -OCH3 is 3. The number of carboxylic acid groups (broad SMARTS) is 1. The molecular weight excluding hydrogens is 1780 g/mol. The van der Waals surface area contributed by atoms with Gasteiger partial charge in [0.05, 0.1) is 65.4 Å². The number of piperidine rings is 3. The van der Waals surface area contributed by atoms with Gasteiger partial charge in [-0.25, -0.2) is 44.3 Å². The summed E-state index contributed by atoms with van der Waals surface area (Å²) in [7, 11) is 3.79. The minimum Gasteiger partial charge on any atom is -0.478 e. The van der Waals surface area contributed by atoms with Crippen molar-refractivity contribution in [1.29, 1.82) is 0 Å². The number of aliphatic hydroxyl groups excluding tert-OH is 4. The van der Waals surface area contributed by atoms with Crippen molar-refractivity contribution in [3.05, 3.63) is 201 Å². The van der Waals surface area contributed by atoms with E-state index in [1.165, 1.54) is 72.3 Å². The number of rotatable bonds is 18. The Kier molecular flexibility index (Phi) is 53.1. The SMILES string of the molecule is C.C1CCOC1.C=CC(=O)N1CCN(c2ncnc3cc(Cl)c(-c4ccc(Cl)cc4)cc23)CC1CCO.C=CC(=O)O.CC(C)O.COC(=O)/C=C\C(=O)OC.COC(=O)CC1CCCNC1=O.Clc1ccc(-c2cc3c(Cl)ncnc3cc2Cl)cc1.NCCN.OCCC1CCCN(c2ncnc3cc(Cl)c(-c4ccc(Cl)cc4)cc23)C1.OCCC1CCCNC1. The third-order valence-electron chi connectivity index (χ3n) is 19.5. The zero-order chi connectivity index (χ0) is 92.5. The second-order valence-electron chi connectivity index (χ2n) is 29.0. The number of esters is 3. The zero-order valence-corrected chi connectivity index (χ0v) is 76.8. The molecule has 0 saturated carbocycles. The van der Waals surface area contributed by atoms with Crippen molar-refractivity contribution in [2.45, 2.75) is 110 Å². The van der Waals surface area contributed by atoms with Crippen molar-refractivity contribution in [2.75, 3.05) is 130 Å². The summed E-state index contributed by atoms with van der Waals surface area (Å²) in [6, 6.07) is 34.0. The van der Waals surface area contributed by atoms with Crippen LogP contribution in [0.2, 0.25) is 35.3 Å². The second kappa shape index (κ2) is 61.2. The van der Waals surface area contributed by atoms with Gasteiger partial charge in [-0.2, -0.15) is 0 Å². The van der Waals surface area contributed by atoms with E-state index in [9.17, 15) is 39.0 Å². The maximum atomic E-state index is 12.2. The van der Waals surface area contributed by atoms with Gasteiger partial charge in [0, 0.05) is 164 Å². The number of benzene rings is 6. The number of aliphatic hydroxyl groups is 4. The van der Waals surface area contributed by atoms with E-state index in [4.69, 9.17) is 113 Å². The standard InChI is InChI=1S/C23H22Cl2N4O2.C21H21Cl2N3O.C14H7Cl3N2.C8H13NO3.C7H15NO.C6H8O4.C4H8O.C3H4O2.C3H8O.C2H8N2.CH4/c1-2-22(31)29-9-8-28(13-17(29)7-10-30)23-19-11-18(15-3-5-16(24)6-4-15)20(25)12-21(19)26-14-27-23;22-16-5-3-15(4-6-16)17-10-18-20(11-19(17)23)24-13-25-21(18)26-8-1-2-14(12-26)7-9-27;15-9-3-1-8(2-4-9)10-5-11-13(6-12(10)16)18-7-19-14(11)17;1-12-7(10)5-6-3-2-4-9-8(6)11;9-5-3-7-2-1-4-8-6-7;1-9-5(7)3-4-6(8)10-2;1-2-4-5-3-1;1-2-3(4)5;1-3(2)4;3-1-2-4;/h2-6,11-12,14,17,30H,1,7-10,13H2;3-6,10-11,13-14,27H,1-2,7-9,12H2;1-7H;6H,2-5H2,1H3,(H,9,11);7-9H,1-6H2;3-4H,1-2H3;1-4H2;2H,1H2,(H,4,5);3-4H,1-2H3;1-4H2;1H4/b;;;;;4-3-;;;;;. The molecule has 5 fully saturated rings. The van der Waals surface area contributed by atoms with Crippen LogP contribution in [0.5, 0.6) is 0 Å². The number of carbonyl (C=O) groups excluding carboxylic acids is 5. The van der Waals surface area contributed by atoms with Crippen molar-refractivity contribution in [3.63, 3.8) is 0 Å². The molecule has 5 saturated heterocycles. The Morgan fingerprint density at radius 3 is 1.37 bits per heavy atom. The van der Waals surface area contributed by atoms with Gasteiger partial charge in [-0.3, -0.25) is 14.4 Å². The molecule has 6 aromatic carbocycles. The number of piperazine rings is 1. The molecule has 4 unspecified atom stereocenters. The van der Waals surface area contributed by atoms with Crippen molar-refractivity contribution < 1.29 is 73.2 Å². The molecule has 9 aromatic rings. The van der Waals surface area contributed by atoms with E-state index < -0.39 is 17.9 Å². The molecule has 5 aliphatic rings. The number of aliphatic carboxylic acids is 1. The minimum atomic E-state index is -0.981. The number of aromatic nitrogens is 6. The number of anilines is 2. The lowest BCUT2D eigenvalue weighted by molar-refractivity contribution is -0.144. The molecule has 127 heavy (non-hydrogen) atoms. The number of nitrogens with one attached hydrogen (secondary N) is 2. The highest BCUT2D eigenvalue weighted by atomic mass is 35.5. The van der Waals surface area contributed by atoms with Crippen LogP contribution in [-0.4, -0.2) is 228 Å². The number of fused-ring (bicyclic) bond motifs is 3. The first-order valence-electron chi connectivity index (χ1n) is 41.0. The zero-order valence-electron chi connectivity index (χ0n) is 71.5. The molecule has 0 radical (unpaired) electrons. The first-order valence-corrected chi connectivity index (χ1v) is 43.7. The number of hydrogen-bond acceptors (Lipinski definition) is 25. The molecule has 0 aliphatic carbocycles. The average Bonchev–Trinajstić information content (AvgIpc) is 1.27. The van der Waals surface area contributed by atoms with Crippen LogP contribution in [0.3, 0.4) is 0 Å². The molecule has 4 atom stereocenters. The summed E-state index contributed by atoms with van der Waals surface area (Å²) < 4.78 is 17.8. The molecule has 5 aliphatic heterocycles.